The number of nitrogens with one attached hydrogen (secondary N) is 1. The maximum absolute atomic E-state index is 12.2. The summed E-state index contributed by atoms with van der Waals surface area (Å²) < 4.78 is 0. The summed E-state index contributed by atoms with van der Waals surface area (Å²) in [5.74, 6) is -0.180. The molecular formula is C15H15ClN2O. The summed E-state index contributed by atoms with van der Waals surface area (Å²) in [6.45, 7) is 5.75. The molecular weight excluding hydrogens is 260 g/mol. The number of rotatable bonds is 2. The van der Waals surface area contributed by atoms with Crippen LogP contribution in [-0.4, -0.2) is 10.9 Å². The van der Waals surface area contributed by atoms with Gasteiger partial charge in [-0.2, -0.15) is 0 Å². The van der Waals surface area contributed by atoms with Crippen molar-refractivity contribution in [1.29, 1.82) is 0 Å². The van der Waals surface area contributed by atoms with Gasteiger partial charge >= 0.3 is 0 Å². The lowest BCUT2D eigenvalue weighted by Crippen LogP contribution is -2.13. The smallest absolute Gasteiger partial charge is 0.255 e. The van der Waals surface area contributed by atoms with Crippen molar-refractivity contribution < 1.29 is 4.79 Å². The lowest BCUT2D eigenvalue weighted by atomic mass is 10.1. The fourth-order valence-corrected chi connectivity index (χ4v) is 2.07. The molecule has 0 fully saturated rings. The van der Waals surface area contributed by atoms with E-state index in [2.05, 4.69) is 10.3 Å². The van der Waals surface area contributed by atoms with E-state index in [1.165, 1.54) is 0 Å². The van der Waals surface area contributed by atoms with Crippen molar-refractivity contribution in [1.82, 2.24) is 4.98 Å². The number of carbonyl (C=O) groups excluding carboxylic acids is 1. The van der Waals surface area contributed by atoms with Crippen LogP contribution in [0, 0.1) is 20.8 Å². The molecule has 0 atom stereocenters. The van der Waals surface area contributed by atoms with Crippen LogP contribution >= 0.6 is 11.6 Å². The summed E-state index contributed by atoms with van der Waals surface area (Å²) in [4.78, 5) is 16.2. The molecule has 1 amide bonds. The van der Waals surface area contributed by atoms with Gasteiger partial charge in [-0.3, -0.25) is 4.79 Å². The lowest BCUT2D eigenvalue weighted by Gasteiger charge is -2.10. The van der Waals surface area contributed by atoms with Crippen LogP contribution in [-0.2, 0) is 0 Å². The van der Waals surface area contributed by atoms with Crippen LogP contribution in [0.3, 0.4) is 0 Å². The third kappa shape index (κ3) is 3.32. The highest BCUT2D eigenvalue weighted by Gasteiger charge is 2.09. The van der Waals surface area contributed by atoms with Gasteiger partial charge in [-0.25, -0.2) is 4.98 Å². The Morgan fingerprint density at radius 2 is 1.89 bits per heavy atom. The Bertz CT molecular complexity index is 618. The Morgan fingerprint density at radius 1 is 1.16 bits per heavy atom. The number of pyridine rings is 1. The molecule has 0 aliphatic rings. The van der Waals surface area contributed by atoms with Gasteiger partial charge in [0.25, 0.3) is 5.91 Å². The first-order valence-corrected chi connectivity index (χ1v) is 6.36. The Morgan fingerprint density at radius 3 is 2.58 bits per heavy atom. The number of hydrogen-bond acceptors (Lipinski definition) is 2. The van der Waals surface area contributed by atoms with Crippen molar-refractivity contribution in [2.24, 2.45) is 0 Å². The van der Waals surface area contributed by atoms with Gasteiger partial charge in [-0.05, 0) is 50.1 Å². The Kier molecular flexibility index (Phi) is 3.86. The zero-order chi connectivity index (χ0) is 14.0. The minimum absolute atomic E-state index is 0.180. The second-order valence-electron chi connectivity index (χ2n) is 4.59. The monoisotopic (exact) mass is 274 g/mol. The van der Waals surface area contributed by atoms with Gasteiger partial charge in [0.05, 0.1) is 0 Å². The molecule has 1 heterocycles. The normalized spacial score (nSPS) is 10.3. The first-order chi connectivity index (χ1) is 8.95. The minimum atomic E-state index is -0.180. The van der Waals surface area contributed by atoms with Crippen molar-refractivity contribution in [3.63, 3.8) is 0 Å². The van der Waals surface area contributed by atoms with Crippen LogP contribution in [0.4, 0.5) is 5.69 Å². The highest BCUT2D eigenvalue weighted by Crippen LogP contribution is 2.18. The Hall–Kier alpha value is -1.87. The number of benzene rings is 1. The van der Waals surface area contributed by atoms with Crippen LogP contribution < -0.4 is 5.32 Å². The molecule has 98 valence electrons. The fourth-order valence-electron chi connectivity index (χ4n) is 1.82. The van der Waals surface area contributed by atoms with Gasteiger partial charge in [-0.1, -0.05) is 23.7 Å². The number of amides is 1. The largest absolute Gasteiger partial charge is 0.322 e. The van der Waals surface area contributed by atoms with Gasteiger partial charge < -0.3 is 5.32 Å². The van der Waals surface area contributed by atoms with Crippen molar-refractivity contribution in [3.8, 4) is 0 Å². The molecule has 0 spiro atoms. The van der Waals surface area contributed by atoms with E-state index in [1.54, 1.807) is 19.1 Å². The second-order valence-corrected chi connectivity index (χ2v) is 4.98. The molecule has 0 radical (unpaired) electrons. The van der Waals surface area contributed by atoms with Crippen LogP contribution in [0.15, 0.2) is 30.3 Å². The molecule has 19 heavy (non-hydrogen) atoms. The SMILES string of the molecule is Cc1ccc(C)c(NC(=O)c2cc(C)nc(Cl)c2)c1. The van der Waals surface area contributed by atoms with Crippen molar-refractivity contribution >= 4 is 23.2 Å². The summed E-state index contributed by atoms with van der Waals surface area (Å²) in [7, 11) is 0. The summed E-state index contributed by atoms with van der Waals surface area (Å²) in [6.07, 6.45) is 0. The van der Waals surface area contributed by atoms with E-state index in [4.69, 9.17) is 11.6 Å². The van der Waals surface area contributed by atoms with Gasteiger partial charge in [0.2, 0.25) is 0 Å². The third-order valence-electron chi connectivity index (χ3n) is 2.83. The highest BCUT2D eigenvalue weighted by atomic mass is 35.5. The number of anilines is 1. The predicted octanol–water partition coefficient (Wildman–Crippen LogP) is 3.91. The van der Waals surface area contributed by atoms with Crippen molar-refractivity contribution in [3.05, 3.63) is 57.9 Å². The summed E-state index contributed by atoms with van der Waals surface area (Å²) in [5, 5.41) is 3.22. The zero-order valence-corrected chi connectivity index (χ0v) is 11.9. The van der Waals surface area contributed by atoms with E-state index < -0.39 is 0 Å². The van der Waals surface area contributed by atoms with Crippen LogP contribution in [0.5, 0.6) is 0 Å². The summed E-state index contributed by atoms with van der Waals surface area (Å²) >= 11 is 5.86. The van der Waals surface area contributed by atoms with E-state index in [0.717, 1.165) is 22.5 Å². The van der Waals surface area contributed by atoms with Crippen LogP contribution in [0.25, 0.3) is 0 Å². The number of hydrogen-bond donors (Lipinski definition) is 1. The number of carbonyl (C=O) groups is 1. The average Bonchev–Trinajstić information content (AvgIpc) is 2.32. The first kappa shape index (κ1) is 13.6. The number of aryl methyl sites for hydroxylation is 3. The maximum Gasteiger partial charge on any atom is 0.255 e. The molecule has 0 bridgehead atoms. The fraction of sp³-hybridized carbons (Fsp3) is 0.200. The molecule has 2 rings (SSSR count). The van der Waals surface area contributed by atoms with Crippen molar-refractivity contribution in [2.45, 2.75) is 20.8 Å². The number of halogens is 1. The summed E-state index contributed by atoms with van der Waals surface area (Å²) in [5.41, 5.74) is 4.17. The molecule has 4 heteroatoms. The van der Waals surface area contributed by atoms with E-state index in [9.17, 15) is 4.79 Å². The topological polar surface area (TPSA) is 42.0 Å². The van der Waals surface area contributed by atoms with Crippen LogP contribution in [0.1, 0.15) is 27.2 Å². The van der Waals surface area contributed by atoms with E-state index >= 15 is 0 Å². The molecule has 0 unspecified atom stereocenters. The molecule has 1 aromatic heterocycles. The standard InChI is InChI=1S/C15H15ClN2O/c1-9-4-5-10(2)13(6-9)18-15(19)12-7-11(3)17-14(16)8-12/h4-8H,1-3H3,(H,18,19). The minimum Gasteiger partial charge on any atom is -0.322 e. The molecule has 3 nitrogen and oxygen atoms in total. The average molecular weight is 275 g/mol. The molecule has 0 aliphatic carbocycles. The number of nitrogens with zero attached hydrogens (tertiary/aromatic N) is 1. The van der Waals surface area contributed by atoms with Gasteiger partial charge in [0.1, 0.15) is 5.15 Å². The molecule has 0 saturated carbocycles. The quantitative estimate of drug-likeness (QED) is 0.844. The Labute approximate surface area is 117 Å². The van der Waals surface area contributed by atoms with Gasteiger partial charge in [0, 0.05) is 16.9 Å². The third-order valence-corrected chi connectivity index (χ3v) is 3.02. The molecule has 1 aromatic carbocycles. The number of aromatic nitrogens is 1. The van der Waals surface area contributed by atoms with E-state index in [1.807, 2.05) is 32.0 Å². The highest BCUT2D eigenvalue weighted by molar-refractivity contribution is 6.29. The summed E-state index contributed by atoms with van der Waals surface area (Å²) in [6, 6.07) is 9.22. The molecule has 0 aliphatic heterocycles. The molecule has 0 saturated heterocycles. The Balaban J connectivity index is 2.28. The lowest BCUT2D eigenvalue weighted by molar-refractivity contribution is 0.102. The maximum atomic E-state index is 12.2. The van der Waals surface area contributed by atoms with Crippen LogP contribution in [0.2, 0.25) is 5.15 Å². The first-order valence-electron chi connectivity index (χ1n) is 5.98. The molecule has 2 aromatic rings. The van der Waals surface area contributed by atoms with Gasteiger partial charge in [0.15, 0.2) is 0 Å². The predicted molar refractivity (Wildman–Crippen MR) is 77.9 cm³/mol. The second kappa shape index (κ2) is 5.41. The van der Waals surface area contributed by atoms with E-state index in [0.29, 0.717) is 10.7 Å². The zero-order valence-electron chi connectivity index (χ0n) is 11.1. The van der Waals surface area contributed by atoms with E-state index in [-0.39, 0.29) is 5.91 Å². The molecule has 1 N–H and O–H groups in total. The van der Waals surface area contributed by atoms with Gasteiger partial charge in [-0.15, -0.1) is 0 Å². The van der Waals surface area contributed by atoms with Crippen molar-refractivity contribution in [2.75, 3.05) is 5.32 Å².